The molecule has 0 atom stereocenters. The molecule has 646 valence electrons. The van der Waals surface area contributed by atoms with E-state index in [9.17, 15) is 19.2 Å². The predicted octanol–water partition coefficient (Wildman–Crippen LogP) is 29.7. The Morgan fingerprint density at radius 2 is 0.527 bits per heavy atom. The van der Waals surface area contributed by atoms with Gasteiger partial charge >= 0.3 is 0 Å². The van der Waals surface area contributed by atoms with Crippen LogP contribution in [0.2, 0.25) is 0 Å². The second-order valence-corrected chi connectivity index (χ2v) is 34.4. The van der Waals surface area contributed by atoms with E-state index in [-0.39, 0.29) is 23.6 Å². The van der Waals surface area contributed by atoms with E-state index in [1.807, 2.05) is 118 Å². The first-order valence-corrected chi connectivity index (χ1v) is 44.7. The molecule has 6 heterocycles. The van der Waals surface area contributed by atoms with Gasteiger partial charge in [-0.15, -0.1) is 0 Å². The number of rotatable bonds is 8. The molecule has 0 radical (unpaired) electrons. The van der Waals surface area contributed by atoms with Gasteiger partial charge < -0.3 is 34.0 Å². The Balaban J connectivity index is 0.000000118. The molecule has 0 aromatic heterocycles. The molecule has 0 aliphatic carbocycles. The number of fused-ring (bicyclic) bond motifs is 7. The number of imide groups is 2. The highest BCUT2D eigenvalue weighted by atomic mass is 32.2. The van der Waals surface area contributed by atoms with Crippen molar-refractivity contribution >= 4 is 121 Å². The molecule has 0 spiro atoms. The van der Waals surface area contributed by atoms with Crippen molar-refractivity contribution in [3.8, 4) is 17.2 Å². The Kier molecular flexibility index (Phi) is 27.5. The third-order valence-corrected chi connectivity index (χ3v) is 25.8. The van der Waals surface area contributed by atoms with E-state index in [0.29, 0.717) is 22.5 Å². The molecule has 129 heavy (non-hydrogen) atoms. The van der Waals surface area contributed by atoms with Gasteiger partial charge in [0.2, 0.25) is 0 Å². The van der Waals surface area contributed by atoms with Gasteiger partial charge in [0.05, 0.1) is 75.1 Å². The van der Waals surface area contributed by atoms with Crippen molar-refractivity contribution in [1.82, 2.24) is 0 Å². The van der Waals surface area contributed by atoms with Gasteiger partial charge in [-0.25, -0.2) is 9.80 Å². The summed E-state index contributed by atoms with van der Waals surface area (Å²) in [6.07, 6.45) is 5.29. The van der Waals surface area contributed by atoms with E-state index >= 15 is 0 Å². The number of aryl methyl sites for hydroxylation is 14. The van der Waals surface area contributed by atoms with Crippen LogP contribution >= 0.6 is 11.8 Å². The van der Waals surface area contributed by atoms with E-state index in [1.54, 1.807) is 37.4 Å². The lowest BCUT2D eigenvalue weighted by molar-refractivity contribution is -0.120. The molecule has 15 aromatic rings. The van der Waals surface area contributed by atoms with Gasteiger partial charge in [-0.3, -0.25) is 19.2 Å². The highest BCUT2D eigenvalue weighted by Gasteiger charge is 2.37. The minimum Gasteiger partial charge on any atom is -0.497 e. The lowest BCUT2D eigenvalue weighted by Crippen LogP contribution is -2.29. The predicted molar refractivity (Wildman–Crippen MR) is 535 cm³/mol. The van der Waals surface area contributed by atoms with E-state index in [4.69, 9.17) is 9.47 Å². The number of methoxy groups -OCH3 is 1. The van der Waals surface area contributed by atoms with Crippen molar-refractivity contribution in [2.75, 3.05) is 54.5 Å². The van der Waals surface area contributed by atoms with Crippen molar-refractivity contribution in [2.24, 2.45) is 0 Å². The Labute approximate surface area is 764 Å². The maximum Gasteiger partial charge on any atom is 0.266 e. The summed E-state index contributed by atoms with van der Waals surface area (Å²) in [5.41, 5.74) is 35.5. The Morgan fingerprint density at radius 3 is 0.899 bits per heavy atom. The lowest BCUT2D eigenvalue weighted by Gasteiger charge is -2.40. The third kappa shape index (κ3) is 19.6. The highest BCUT2D eigenvalue weighted by Crippen LogP contribution is 2.56. The fourth-order valence-corrected chi connectivity index (χ4v) is 17.2. The third-order valence-electron chi connectivity index (χ3n) is 24.6. The molecular formula is C115H109N7O6S. The maximum atomic E-state index is 12.3. The van der Waals surface area contributed by atoms with E-state index in [0.717, 1.165) is 56.6 Å². The van der Waals surface area contributed by atoms with Crippen LogP contribution in [0.25, 0.3) is 0 Å². The molecule has 0 bridgehead atoms. The topological polar surface area (TPSA) is 109 Å². The summed E-state index contributed by atoms with van der Waals surface area (Å²) in [6, 6.07) is 112. The fraction of sp³-hybridized carbons (Fsp3) is 0.165. The normalized spacial score (nSPS) is 13.2. The Bertz CT molecular complexity index is 6390. The van der Waals surface area contributed by atoms with Crippen LogP contribution in [0.1, 0.15) is 111 Å². The molecule has 4 amide bonds. The van der Waals surface area contributed by atoms with Crippen LogP contribution in [0.5, 0.6) is 17.2 Å². The van der Waals surface area contributed by atoms with Crippen molar-refractivity contribution in [3.05, 3.63) is 429 Å². The first kappa shape index (κ1) is 89.1. The van der Waals surface area contributed by atoms with E-state index in [2.05, 4.69) is 312 Å². The van der Waals surface area contributed by atoms with Gasteiger partial charge in [-0.05, 0) is 370 Å². The number of ether oxygens (including phenoxy) is 2. The molecule has 1 fully saturated rings. The Hall–Kier alpha value is -14.7. The van der Waals surface area contributed by atoms with Crippen molar-refractivity contribution < 1.29 is 28.7 Å². The summed E-state index contributed by atoms with van der Waals surface area (Å²) < 4.78 is 11.1. The molecule has 6 aliphatic rings. The highest BCUT2D eigenvalue weighted by molar-refractivity contribution is 7.99. The van der Waals surface area contributed by atoms with Crippen LogP contribution in [0.15, 0.2) is 350 Å². The summed E-state index contributed by atoms with van der Waals surface area (Å²) in [5.74, 6) is 1.67. The number of hydrogen-bond acceptors (Lipinski definition) is 12. The summed E-state index contributed by atoms with van der Waals surface area (Å²) >= 11 is 1.85. The Morgan fingerprint density at radius 1 is 0.248 bits per heavy atom. The molecule has 14 heteroatoms. The van der Waals surface area contributed by atoms with Gasteiger partial charge in [-0.1, -0.05) is 157 Å². The average molecular weight is 1720 g/mol. The molecule has 15 aromatic carbocycles. The SMILES string of the molecule is COc1ccc(C)c(C)c1.Cc1ccc(N2C(=O)C=CC2=O)cc1C.Cc1ccc(N2C(=O)c3ccccc3C2=O)cc1C.Cc1ccc(N2CCCC2)cc1C.Cc1ccc(N2c3ccccc3N(c3ccccc3)c3ccccc32)cc1C.Cc1ccc(N2c3ccccc3Oc3ccccc32)cc1C.Cc1ccc(N2c3ccccc3Sc3ccccc32)cc1C. The molecular weight excluding hydrogens is 1610 g/mol. The van der Waals surface area contributed by atoms with Gasteiger partial charge in [0.15, 0.2) is 11.5 Å². The minimum absolute atomic E-state index is 0.246. The quantitative estimate of drug-likeness (QED) is 0.135. The molecule has 21 rings (SSSR count). The maximum absolute atomic E-state index is 12.3. The number of hydrogen-bond donors (Lipinski definition) is 0. The summed E-state index contributed by atoms with van der Waals surface area (Å²) in [5, 5.41) is 0. The number of nitrogens with zero attached hydrogens (tertiary/aromatic N) is 7. The average Bonchev–Trinajstić information content (AvgIpc) is 1.75. The summed E-state index contributed by atoms with van der Waals surface area (Å²) in [6.45, 7) is 31.9. The largest absolute Gasteiger partial charge is 0.497 e. The van der Waals surface area contributed by atoms with Gasteiger partial charge in [0.25, 0.3) is 23.6 Å². The van der Waals surface area contributed by atoms with Gasteiger partial charge in [-0.2, -0.15) is 0 Å². The molecule has 6 aliphatic heterocycles. The number of anilines is 15. The van der Waals surface area contributed by atoms with Crippen LogP contribution < -0.4 is 43.8 Å². The monoisotopic (exact) mass is 1720 g/mol. The van der Waals surface area contributed by atoms with Crippen LogP contribution in [-0.2, 0) is 9.59 Å². The van der Waals surface area contributed by atoms with Crippen LogP contribution in [0, 0.1) is 96.9 Å². The second kappa shape index (κ2) is 39.9. The lowest BCUT2D eigenvalue weighted by atomic mass is 10.0. The number of amides is 4. The van der Waals surface area contributed by atoms with Crippen molar-refractivity contribution in [3.63, 3.8) is 0 Å². The van der Waals surface area contributed by atoms with E-state index < -0.39 is 0 Å². The molecule has 0 saturated carbocycles. The van der Waals surface area contributed by atoms with Crippen LogP contribution in [0.4, 0.5) is 85.3 Å². The minimum atomic E-state index is -0.275. The molecule has 0 N–H and O–H groups in total. The number of benzene rings is 15. The van der Waals surface area contributed by atoms with Gasteiger partial charge in [0, 0.05) is 63.5 Å². The summed E-state index contributed by atoms with van der Waals surface area (Å²) in [7, 11) is 1.68. The number of carbonyl (C=O) groups is 4. The fourth-order valence-electron chi connectivity index (χ4n) is 16.2. The molecule has 1 saturated heterocycles. The first-order chi connectivity index (χ1) is 62.4. The zero-order valence-electron chi connectivity index (χ0n) is 76.1. The zero-order valence-corrected chi connectivity index (χ0v) is 77.0. The second-order valence-electron chi connectivity index (χ2n) is 33.3. The molecule has 0 unspecified atom stereocenters. The smallest absolute Gasteiger partial charge is 0.266 e. The number of carbonyl (C=O) groups excluding carboxylic acids is 4. The molecule has 13 nitrogen and oxygen atoms in total. The number of para-hydroxylation sites is 11. The van der Waals surface area contributed by atoms with Crippen molar-refractivity contribution in [2.45, 2.75) is 120 Å². The van der Waals surface area contributed by atoms with Crippen molar-refractivity contribution in [1.29, 1.82) is 0 Å². The first-order valence-electron chi connectivity index (χ1n) is 43.9. The van der Waals surface area contributed by atoms with Gasteiger partial charge in [0.1, 0.15) is 5.75 Å². The van der Waals surface area contributed by atoms with Crippen LogP contribution in [0.3, 0.4) is 0 Å². The van der Waals surface area contributed by atoms with E-state index in [1.165, 1.54) is 170 Å². The summed E-state index contributed by atoms with van der Waals surface area (Å²) in [4.78, 5) is 64.3. The zero-order chi connectivity index (χ0) is 90.7. The standard InChI is InChI=1S/C26H22N2.C20H17NO.C20H17NS.C16H13NO2.C12H11NO2.C12H17N.C9H12O/c1-19-16-17-22(18-20(19)2)28-25-14-8-6-12-23(25)27(21-10-4-3-5-11-21)24-13-7-9-15-26(24)28;2*1-14-11-12-16(13-15(14)2)21-17-7-3-5-9-19(17)22-20-10-6-4-8-18(20)21;1-10-7-8-12(9-11(10)2)17-15(18)13-5-3-4-6-14(13)16(17)19;1-8-3-4-10(7-9(8)2)13-11(14)5-6-12(13)15;1-10-5-6-12(9-11(10)2)13-7-3-4-8-13;1-7-4-5-9(10-3)6-8(7)2/h3-18H,1-2H3;2*3-13H,1-2H3;3-9H,1-2H3;3-7H,1-2H3;5-6,9H,3-4,7-8H2,1-2H3;4-6H,1-3H3. The van der Waals surface area contributed by atoms with Crippen LogP contribution in [-0.4, -0.2) is 43.8 Å².